The Morgan fingerprint density at radius 2 is 2.17 bits per heavy atom. The van der Waals surface area contributed by atoms with Gasteiger partial charge in [0, 0.05) is 13.7 Å². The third kappa shape index (κ3) is 4.93. The second-order valence-corrected chi connectivity index (χ2v) is 5.81. The smallest absolute Gasteiger partial charge is 0.396 e. The molecule has 0 bridgehead atoms. The van der Waals surface area contributed by atoms with Crippen LogP contribution in [0.1, 0.15) is 6.42 Å². The average molecular weight is 347 g/mol. The predicted molar refractivity (Wildman–Crippen MR) is 79.4 cm³/mol. The van der Waals surface area contributed by atoms with Crippen LogP contribution in [0.15, 0.2) is 12.7 Å². The van der Waals surface area contributed by atoms with Crippen molar-refractivity contribution in [2.75, 3.05) is 25.6 Å². The molecule has 2 aromatic rings. The summed E-state index contributed by atoms with van der Waals surface area (Å²) in [5.74, 6) is 0.575. The first kappa shape index (κ1) is 17.7. The lowest BCUT2D eigenvalue weighted by atomic mass is 10.3. The molecule has 0 amide bonds. The fourth-order valence-corrected chi connectivity index (χ4v) is 2.24. The first-order chi connectivity index (χ1) is 10.9. The van der Waals surface area contributed by atoms with E-state index in [1.807, 2.05) is 0 Å². The number of aliphatic hydroxyl groups excluding tert-OH is 1. The van der Waals surface area contributed by atoms with E-state index in [-0.39, 0.29) is 26.4 Å². The zero-order valence-electron chi connectivity index (χ0n) is 12.4. The molecule has 0 aliphatic heterocycles. The molecule has 23 heavy (non-hydrogen) atoms. The summed E-state index contributed by atoms with van der Waals surface area (Å²) in [7, 11) is -2.87. The van der Waals surface area contributed by atoms with Gasteiger partial charge >= 0.3 is 7.82 Å². The van der Waals surface area contributed by atoms with Crippen LogP contribution in [-0.4, -0.2) is 60.8 Å². The molecule has 2 aromatic heterocycles. The highest BCUT2D eigenvalue weighted by molar-refractivity contribution is 7.46. The summed E-state index contributed by atoms with van der Waals surface area (Å²) in [4.78, 5) is 29.8. The molecule has 4 N–H and O–H groups in total. The Hall–Kier alpha value is -1.62. The van der Waals surface area contributed by atoms with Gasteiger partial charge in [0.15, 0.2) is 11.5 Å². The van der Waals surface area contributed by atoms with Crippen LogP contribution in [0.2, 0.25) is 0 Å². The Kier molecular flexibility index (Phi) is 5.99. The summed E-state index contributed by atoms with van der Waals surface area (Å²) in [5.41, 5.74) is 1.12. The number of ether oxygens (including phenoxy) is 1. The summed E-state index contributed by atoms with van der Waals surface area (Å²) in [6, 6.07) is 0. The van der Waals surface area contributed by atoms with Gasteiger partial charge in [0.25, 0.3) is 0 Å². The number of fused-ring (bicyclic) bond motifs is 1. The molecule has 12 heteroatoms. The second kappa shape index (κ2) is 7.77. The predicted octanol–water partition coefficient (Wildman–Crippen LogP) is -0.298. The first-order valence-corrected chi connectivity index (χ1v) is 8.23. The van der Waals surface area contributed by atoms with E-state index in [9.17, 15) is 4.57 Å². The molecule has 2 rings (SSSR count). The fraction of sp³-hybridized carbons (Fsp3) is 0.545. The highest BCUT2D eigenvalue weighted by Gasteiger charge is 2.19. The van der Waals surface area contributed by atoms with Gasteiger partial charge in [-0.05, 0) is 6.42 Å². The number of nitrogens with zero attached hydrogens (tertiary/aromatic N) is 4. The molecular formula is C11H18N5O6P. The summed E-state index contributed by atoms with van der Waals surface area (Å²) in [5, 5.41) is 11.9. The number of phosphoric acid groups is 1. The number of phosphoric ester groups is 1. The van der Waals surface area contributed by atoms with E-state index in [0.717, 1.165) is 0 Å². The Morgan fingerprint density at radius 1 is 1.39 bits per heavy atom. The van der Waals surface area contributed by atoms with Crippen molar-refractivity contribution in [1.29, 1.82) is 0 Å². The number of imidazole rings is 1. The van der Waals surface area contributed by atoms with Crippen molar-refractivity contribution >= 4 is 24.8 Å². The fourth-order valence-electron chi connectivity index (χ4n) is 1.88. The number of nitrogens with one attached hydrogen (secondary N) is 1. The van der Waals surface area contributed by atoms with Gasteiger partial charge in [0.1, 0.15) is 18.6 Å². The summed E-state index contributed by atoms with van der Waals surface area (Å²) in [6.45, 7) is -0.508. The molecular weight excluding hydrogens is 329 g/mol. The summed E-state index contributed by atoms with van der Waals surface area (Å²) in [6.07, 6.45) is 2.38. The highest BCUT2D eigenvalue weighted by atomic mass is 31.2. The van der Waals surface area contributed by atoms with Gasteiger partial charge in [-0.15, -0.1) is 0 Å². The highest BCUT2D eigenvalue weighted by Crippen LogP contribution is 2.36. The van der Waals surface area contributed by atoms with Gasteiger partial charge in [-0.2, -0.15) is 0 Å². The molecule has 0 fully saturated rings. The monoisotopic (exact) mass is 347 g/mol. The van der Waals surface area contributed by atoms with Crippen molar-refractivity contribution in [3.05, 3.63) is 12.7 Å². The molecule has 0 radical (unpaired) electrons. The Labute approximate surface area is 131 Å². The average Bonchev–Trinajstić information content (AvgIpc) is 2.92. The van der Waals surface area contributed by atoms with E-state index < -0.39 is 13.9 Å². The molecule has 1 atom stereocenters. The largest absolute Gasteiger partial charge is 0.469 e. The quantitative estimate of drug-likeness (QED) is 0.445. The van der Waals surface area contributed by atoms with E-state index in [1.54, 1.807) is 11.6 Å². The molecule has 0 aliphatic carbocycles. The van der Waals surface area contributed by atoms with Crippen molar-refractivity contribution in [1.82, 2.24) is 19.5 Å². The molecule has 0 unspecified atom stereocenters. The van der Waals surface area contributed by atoms with E-state index in [0.29, 0.717) is 17.0 Å². The van der Waals surface area contributed by atoms with Crippen molar-refractivity contribution in [3.8, 4) is 0 Å². The van der Waals surface area contributed by atoms with E-state index >= 15 is 0 Å². The first-order valence-electron chi connectivity index (χ1n) is 6.70. The third-order valence-corrected chi connectivity index (χ3v) is 3.45. The molecule has 2 heterocycles. The number of anilines is 1. The van der Waals surface area contributed by atoms with Crippen molar-refractivity contribution in [2.45, 2.75) is 19.3 Å². The molecule has 0 saturated heterocycles. The maximum atomic E-state index is 10.7. The topological polar surface area (TPSA) is 152 Å². The maximum absolute atomic E-state index is 10.7. The van der Waals surface area contributed by atoms with Gasteiger partial charge in [0.05, 0.1) is 19.0 Å². The zero-order valence-corrected chi connectivity index (χ0v) is 13.3. The van der Waals surface area contributed by atoms with Crippen molar-refractivity contribution < 1.29 is 28.7 Å². The van der Waals surface area contributed by atoms with Gasteiger partial charge in [-0.25, -0.2) is 19.5 Å². The minimum Gasteiger partial charge on any atom is -0.396 e. The number of aliphatic hydroxyl groups is 1. The van der Waals surface area contributed by atoms with Crippen LogP contribution in [0.25, 0.3) is 11.2 Å². The van der Waals surface area contributed by atoms with Gasteiger partial charge in [-0.1, -0.05) is 0 Å². The Morgan fingerprint density at radius 3 is 2.83 bits per heavy atom. The van der Waals surface area contributed by atoms with Crippen LogP contribution in [0.4, 0.5) is 5.82 Å². The lowest BCUT2D eigenvalue weighted by molar-refractivity contribution is -0.0326. The van der Waals surface area contributed by atoms with Gasteiger partial charge in [0.2, 0.25) is 0 Å². The normalized spacial score (nSPS) is 13.4. The molecule has 128 valence electrons. The molecule has 0 aromatic carbocycles. The Balaban J connectivity index is 2.04. The molecule has 11 nitrogen and oxygen atoms in total. The zero-order chi connectivity index (χ0) is 16.9. The van der Waals surface area contributed by atoms with E-state index in [2.05, 4.69) is 24.8 Å². The van der Waals surface area contributed by atoms with Crippen molar-refractivity contribution in [2.24, 2.45) is 0 Å². The number of aromatic nitrogens is 4. The second-order valence-electron chi connectivity index (χ2n) is 4.58. The number of hydrogen-bond acceptors (Lipinski definition) is 8. The van der Waals surface area contributed by atoms with Gasteiger partial charge < -0.3 is 24.9 Å². The lowest BCUT2D eigenvalue weighted by Gasteiger charge is -2.17. The molecule has 0 aliphatic rings. The van der Waals surface area contributed by atoms with Crippen LogP contribution >= 0.6 is 7.82 Å². The third-order valence-electron chi connectivity index (χ3n) is 2.97. The standard InChI is InChI=1S/C11H18N5O6P/c1-12-10-9-11(14-5-13-10)16(6-15-9)7-21-8(2-3-17)4-22-23(18,19)20/h5-6,8,17H,2-4,7H2,1H3,(H,12,13,14)(H2,18,19,20)/t8-/m0/s1. The molecule has 0 spiro atoms. The van der Waals surface area contributed by atoms with Crippen LogP contribution in [0.3, 0.4) is 0 Å². The SMILES string of the molecule is CNc1ncnc2c1ncn2CO[C@@H](CCO)COP(=O)(O)O. The molecule has 0 saturated carbocycles. The minimum absolute atomic E-state index is 0.0336. The van der Waals surface area contributed by atoms with E-state index in [1.165, 1.54) is 12.7 Å². The van der Waals surface area contributed by atoms with Crippen LogP contribution < -0.4 is 5.32 Å². The van der Waals surface area contributed by atoms with Crippen LogP contribution in [0, 0.1) is 0 Å². The Bertz CT molecular complexity index is 689. The number of rotatable bonds is 9. The summed E-state index contributed by atoms with van der Waals surface area (Å²) < 4.78 is 22.3. The minimum atomic E-state index is -4.59. The van der Waals surface area contributed by atoms with Crippen molar-refractivity contribution in [3.63, 3.8) is 0 Å². The number of hydrogen-bond donors (Lipinski definition) is 4. The van der Waals surface area contributed by atoms with Crippen LogP contribution in [0.5, 0.6) is 0 Å². The van der Waals surface area contributed by atoms with Gasteiger partial charge in [-0.3, -0.25) is 9.09 Å². The summed E-state index contributed by atoms with van der Waals surface area (Å²) >= 11 is 0. The maximum Gasteiger partial charge on any atom is 0.469 e. The van der Waals surface area contributed by atoms with E-state index in [4.69, 9.17) is 19.6 Å². The lowest BCUT2D eigenvalue weighted by Crippen LogP contribution is -2.22. The van der Waals surface area contributed by atoms with Crippen LogP contribution in [-0.2, 0) is 20.6 Å².